The average Bonchev–Trinajstić information content (AvgIpc) is 2.15. The van der Waals surface area contributed by atoms with Crippen molar-refractivity contribution < 1.29 is 15.0 Å². The van der Waals surface area contributed by atoms with Crippen molar-refractivity contribution in [2.45, 2.75) is 19.1 Å². The lowest BCUT2D eigenvalue weighted by Crippen LogP contribution is -2.36. The first-order chi connectivity index (χ1) is 6.52. The summed E-state index contributed by atoms with van der Waals surface area (Å²) in [6.07, 6.45) is 0.129. The van der Waals surface area contributed by atoms with E-state index in [0.29, 0.717) is 5.82 Å². The Hall–Kier alpha value is -1.53. The fourth-order valence-corrected chi connectivity index (χ4v) is 0.958. The summed E-state index contributed by atoms with van der Waals surface area (Å²) in [7, 11) is 0. The SMILES string of the molecule is Cc1nccc(C(O)C(N)C(=O)O)n1. The number of carboxylic acids is 1. The van der Waals surface area contributed by atoms with Crippen molar-refractivity contribution in [3.05, 3.63) is 23.8 Å². The molecule has 6 nitrogen and oxygen atoms in total. The molecule has 0 bridgehead atoms. The van der Waals surface area contributed by atoms with Gasteiger partial charge in [-0.15, -0.1) is 0 Å². The molecule has 0 aliphatic carbocycles. The standard InChI is InChI=1S/C8H11N3O3/c1-4-10-3-2-5(11-4)7(12)6(9)8(13)14/h2-3,6-7,12H,9H2,1H3,(H,13,14). The van der Waals surface area contributed by atoms with Gasteiger partial charge in [0.1, 0.15) is 18.0 Å². The van der Waals surface area contributed by atoms with Gasteiger partial charge < -0.3 is 15.9 Å². The molecule has 0 saturated heterocycles. The van der Waals surface area contributed by atoms with Crippen molar-refractivity contribution in [2.24, 2.45) is 5.73 Å². The highest BCUT2D eigenvalue weighted by molar-refractivity contribution is 5.74. The molecular weight excluding hydrogens is 186 g/mol. The summed E-state index contributed by atoms with van der Waals surface area (Å²) < 4.78 is 0. The van der Waals surface area contributed by atoms with Crippen LogP contribution in [0.25, 0.3) is 0 Å². The molecule has 2 atom stereocenters. The maximum absolute atomic E-state index is 10.5. The maximum atomic E-state index is 10.5. The first-order valence-electron chi connectivity index (χ1n) is 3.98. The minimum atomic E-state index is -1.37. The molecule has 76 valence electrons. The number of aryl methyl sites for hydroxylation is 1. The van der Waals surface area contributed by atoms with Crippen LogP contribution in [0.3, 0.4) is 0 Å². The number of aliphatic hydroxyl groups is 1. The van der Waals surface area contributed by atoms with Gasteiger partial charge in [-0.1, -0.05) is 0 Å². The van der Waals surface area contributed by atoms with Gasteiger partial charge in [-0.3, -0.25) is 4.79 Å². The summed E-state index contributed by atoms with van der Waals surface area (Å²) in [4.78, 5) is 18.2. The van der Waals surface area contributed by atoms with Crippen molar-refractivity contribution >= 4 is 5.97 Å². The van der Waals surface area contributed by atoms with Crippen molar-refractivity contribution in [3.8, 4) is 0 Å². The summed E-state index contributed by atoms with van der Waals surface area (Å²) in [5, 5.41) is 18.0. The van der Waals surface area contributed by atoms with E-state index in [-0.39, 0.29) is 5.69 Å². The van der Waals surface area contributed by atoms with Crippen LogP contribution in [0.5, 0.6) is 0 Å². The second-order valence-electron chi connectivity index (χ2n) is 2.84. The smallest absolute Gasteiger partial charge is 0.323 e. The number of hydrogen-bond donors (Lipinski definition) is 3. The third kappa shape index (κ3) is 2.24. The molecule has 0 radical (unpaired) electrons. The monoisotopic (exact) mass is 197 g/mol. The van der Waals surface area contributed by atoms with E-state index in [1.165, 1.54) is 12.3 Å². The third-order valence-electron chi connectivity index (χ3n) is 1.73. The average molecular weight is 197 g/mol. The van der Waals surface area contributed by atoms with E-state index < -0.39 is 18.1 Å². The zero-order valence-electron chi connectivity index (χ0n) is 7.58. The Kier molecular flexibility index (Phi) is 3.10. The molecule has 0 aromatic carbocycles. The summed E-state index contributed by atoms with van der Waals surface area (Å²) in [5.74, 6) is -0.812. The Labute approximate surface area is 80.4 Å². The Morgan fingerprint density at radius 1 is 1.64 bits per heavy atom. The molecule has 0 spiro atoms. The third-order valence-corrected chi connectivity index (χ3v) is 1.73. The predicted molar refractivity (Wildman–Crippen MR) is 47.3 cm³/mol. The lowest BCUT2D eigenvalue weighted by Gasteiger charge is -2.13. The first kappa shape index (κ1) is 10.6. The largest absolute Gasteiger partial charge is 0.480 e. The highest BCUT2D eigenvalue weighted by atomic mass is 16.4. The van der Waals surface area contributed by atoms with Gasteiger partial charge >= 0.3 is 5.97 Å². The molecule has 14 heavy (non-hydrogen) atoms. The van der Waals surface area contributed by atoms with Crippen LogP contribution in [0.1, 0.15) is 17.6 Å². The van der Waals surface area contributed by atoms with E-state index in [4.69, 9.17) is 10.8 Å². The second kappa shape index (κ2) is 4.12. The number of nitrogens with two attached hydrogens (primary N) is 1. The summed E-state index contributed by atoms with van der Waals surface area (Å²) in [6, 6.07) is 0.0600. The van der Waals surface area contributed by atoms with Crippen LogP contribution >= 0.6 is 0 Å². The second-order valence-corrected chi connectivity index (χ2v) is 2.84. The molecular formula is C8H11N3O3. The molecule has 1 rings (SSSR count). The lowest BCUT2D eigenvalue weighted by molar-refractivity contribution is -0.141. The van der Waals surface area contributed by atoms with Crippen LogP contribution in [-0.2, 0) is 4.79 Å². The minimum absolute atomic E-state index is 0.215. The Bertz CT molecular complexity index is 342. The normalized spacial score (nSPS) is 14.8. The van der Waals surface area contributed by atoms with Gasteiger partial charge in [0.15, 0.2) is 0 Å². The molecule has 4 N–H and O–H groups in total. The number of nitrogens with zero attached hydrogens (tertiary/aromatic N) is 2. The maximum Gasteiger partial charge on any atom is 0.323 e. The molecule has 0 saturated carbocycles. The highest BCUT2D eigenvalue weighted by Gasteiger charge is 2.24. The number of carboxylic acid groups (broad SMARTS) is 1. The lowest BCUT2D eigenvalue weighted by atomic mass is 10.1. The van der Waals surface area contributed by atoms with Gasteiger partial charge in [-0.2, -0.15) is 0 Å². The number of aliphatic hydroxyl groups excluding tert-OH is 1. The summed E-state index contributed by atoms with van der Waals surface area (Å²) in [5.41, 5.74) is 5.45. The molecule has 0 aliphatic rings. The number of aromatic nitrogens is 2. The molecule has 1 aromatic rings. The molecule has 6 heteroatoms. The topological polar surface area (TPSA) is 109 Å². The van der Waals surface area contributed by atoms with Crippen molar-refractivity contribution in [1.82, 2.24) is 9.97 Å². The Balaban J connectivity index is 2.89. The van der Waals surface area contributed by atoms with Gasteiger partial charge in [0.25, 0.3) is 0 Å². The minimum Gasteiger partial charge on any atom is -0.480 e. The van der Waals surface area contributed by atoms with Gasteiger partial charge in [-0.05, 0) is 13.0 Å². The Morgan fingerprint density at radius 2 is 2.29 bits per heavy atom. The molecule has 2 unspecified atom stereocenters. The van der Waals surface area contributed by atoms with E-state index in [1.807, 2.05) is 0 Å². The first-order valence-corrected chi connectivity index (χ1v) is 3.98. The summed E-state index contributed by atoms with van der Waals surface area (Å²) >= 11 is 0. The van der Waals surface area contributed by atoms with Crippen molar-refractivity contribution in [2.75, 3.05) is 0 Å². The molecule has 0 amide bonds. The quantitative estimate of drug-likeness (QED) is 0.587. The van der Waals surface area contributed by atoms with Crippen LogP contribution in [0.2, 0.25) is 0 Å². The number of aliphatic carboxylic acids is 1. The van der Waals surface area contributed by atoms with Crippen molar-refractivity contribution in [1.29, 1.82) is 0 Å². The van der Waals surface area contributed by atoms with Crippen LogP contribution in [-0.4, -0.2) is 32.2 Å². The van der Waals surface area contributed by atoms with Gasteiger partial charge in [-0.25, -0.2) is 9.97 Å². The highest BCUT2D eigenvalue weighted by Crippen LogP contribution is 2.12. The predicted octanol–water partition coefficient (Wildman–Crippen LogP) is -0.770. The Morgan fingerprint density at radius 3 is 2.79 bits per heavy atom. The molecule has 0 aliphatic heterocycles. The fraction of sp³-hybridized carbons (Fsp3) is 0.375. The van der Waals surface area contributed by atoms with Crippen LogP contribution in [0.4, 0.5) is 0 Å². The number of rotatable bonds is 3. The zero-order chi connectivity index (χ0) is 10.7. The van der Waals surface area contributed by atoms with E-state index in [0.717, 1.165) is 0 Å². The van der Waals surface area contributed by atoms with Crippen LogP contribution in [0, 0.1) is 6.92 Å². The fourth-order valence-electron chi connectivity index (χ4n) is 0.958. The van der Waals surface area contributed by atoms with Crippen LogP contribution in [0.15, 0.2) is 12.3 Å². The van der Waals surface area contributed by atoms with E-state index in [9.17, 15) is 9.90 Å². The van der Waals surface area contributed by atoms with Gasteiger partial charge in [0, 0.05) is 6.20 Å². The van der Waals surface area contributed by atoms with E-state index in [1.54, 1.807) is 6.92 Å². The number of carbonyl (C=O) groups is 1. The molecule has 1 aromatic heterocycles. The summed E-state index contributed by atoms with van der Waals surface area (Å²) in [6.45, 7) is 1.64. The number of hydrogen-bond acceptors (Lipinski definition) is 5. The molecule has 1 heterocycles. The van der Waals surface area contributed by atoms with E-state index >= 15 is 0 Å². The van der Waals surface area contributed by atoms with Gasteiger partial charge in [0.2, 0.25) is 0 Å². The van der Waals surface area contributed by atoms with E-state index in [2.05, 4.69) is 9.97 Å². The van der Waals surface area contributed by atoms with Crippen LogP contribution < -0.4 is 5.73 Å². The molecule has 0 fully saturated rings. The zero-order valence-corrected chi connectivity index (χ0v) is 7.58. The van der Waals surface area contributed by atoms with Gasteiger partial charge in [0.05, 0.1) is 5.69 Å². The van der Waals surface area contributed by atoms with Crippen molar-refractivity contribution in [3.63, 3.8) is 0 Å².